The summed E-state index contributed by atoms with van der Waals surface area (Å²) in [5.74, 6) is -1.18. The van der Waals surface area contributed by atoms with Gasteiger partial charge in [0.2, 0.25) is 5.91 Å². The third kappa shape index (κ3) is 5.26. The Bertz CT molecular complexity index is 626. The topological polar surface area (TPSA) is 79.0 Å². The van der Waals surface area contributed by atoms with Gasteiger partial charge in [-0.2, -0.15) is 0 Å². The highest BCUT2D eigenvalue weighted by Gasteiger charge is 2.24. The maximum atomic E-state index is 12.0. The molecule has 1 aromatic carbocycles. The SMILES string of the molecule is CN(CC(=O)NC1CC1)C(=O)COC(=O)c1cccc(N(C)C)c1. The molecule has 0 bridgehead atoms. The Hall–Kier alpha value is -2.57. The van der Waals surface area contributed by atoms with Crippen LogP contribution in [0.1, 0.15) is 23.2 Å². The van der Waals surface area contributed by atoms with Crippen LogP contribution in [-0.4, -0.2) is 63.0 Å². The van der Waals surface area contributed by atoms with Crippen molar-refractivity contribution in [2.75, 3.05) is 39.2 Å². The molecule has 0 aromatic heterocycles. The van der Waals surface area contributed by atoms with Crippen LogP contribution < -0.4 is 10.2 Å². The molecule has 1 fully saturated rings. The molecule has 1 saturated carbocycles. The molecule has 0 unspecified atom stereocenters. The van der Waals surface area contributed by atoms with Gasteiger partial charge in [-0.25, -0.2) is 4.79 Å². The predicted octanol–water partition coefficient (Wildman–Crippen LogP) is 0.646. The number of hydrogen-bond donors (Lipinski definition) is 1. The van der Waals surface area contributed by atoms with E-state index >= 15 is 0 Å². The second-order valence-electron chi connectivity index (χ2n) is 6.11. The molecule has 7 nitrogen and oxygen atoms in total. The second kappa shape index (κ2) is 7.81. The zero-order chi connectivity index (χ0) is 17.7. The van der Waals surface area contributed by atoms with Crippen molar-refractivity contribution in [1.82, 2.24) is 10.2 Å². The van der Waals surface area contributed by atoms with Crippen LogP contribution in [0.3, 0.4) is 0 Å². The first-order valence-electron chi connectivity index (χ1n) is 7.84. The molecule has 0 spiro atoms. The summed E-state index contributed by atoms with van der Waals surface area (Å²) in [6, 6.07) is 7.20. The summed E-state index contributed by atoms with van der Waals surface area (Å²) >= 11 is 0. The number of rotatable bonds is 7. The Labute approximate surface area is 141 Å². The van der Waals surface area contributed by atoms with Crippen molar-refractivity contribution in [1.29, 1.82) is 0 Å². The maximum absolute atomic E-state index is 12.0. The van der Waals surface area contributed by atoms with Crippen molar-refractivity contribution >= 4 is 23.5 Å². The summed E-state index contributed by atoms with van der Waals surface area (Å²) in [6.45, 7) is -0.429. The van der Waals surface area contributed by atoms with Crippen molar-refractivity contribution < 1.29 is 19.1 Å². The van der Waals surface area contributed by atoms with Crippen molar-refractivity contribution in [2.45, 2.75) is 18.9 Å². The van der Waals surface area contributed by atoms with Crippen molar-refractivity contribution in [2.24, 2.45) is 0 Å². The average Bonchev–Trinajstić information content (AvgIpc) is 3.35. The lowest BCUT2D eigenvalue weighted by atomic mass is 10.2. The van der Waals surface area contributed by atoms with Gasteiger partial charge in [0.15, 0.2) is 6.61 Å². The molecule has 1 N–H and O–H groups in total. The van der Waals surface area contributed by atoms with Crippen LogP contribution in [0.4, 0.5) is 5.69 Å². The van der Waals surface area contributed by atoms with E-state index in [2.05, 4.69) is 5.32 Å². The van der Waals surface area contributed by atoms with E-state index in [1.165, 1.54) is 11.9 Å². The fourth-order valence-electron chi connectivity index (χ4n) is 2.04. The van der Waals surface area contributed by atoms with Crippen molar-refractivity contribution in [3.05, 3.63) is 29.8 Å². The Kier molecular flexibility index (Phi) is 5.78. The normalized spacial score (nSPS) is 13.1. The molecule has 24 heavy (non-hydrogen) atoms. The lowest BCUT2D eigenvalue weighted by molar-refractivity contribution is -0.137. The van der Waals surface area contributed by atoms with Gasteiger partial charge in [0.05, 0.1) is 12.1 Å². The summed E-state index contributed by atoms with van der Waals surface area (Å²) in [5.41, 5.74) is 1.24. The van der Waals surface area contributed by atoms with E-state index in [1.54, 1.807) is 18.2 Å². The molecule has 0 heterocycles. The van der Waals surface area contributed by atoms with Crippen LogP contribution >= 0.6 is 0 Å². The minimum absolute atomic E-state index is 0.0387. The lowest BCUT2D eigenvalue weighted by Crippen LogP contribution is -2.40. The first kappa shape index (κ1) is 17.8. The number of benzene rings is 1. The van der Waals surface area contributed by atoms with Crippen LogP contribution in [0.2, 0.25) is 0 Å². The number of hydrogen-bond acceptors (Lipinski definition) is 5. The van der Waals surface area contributed by atoms with E-state index in [1.807, 2.05) is 25.1 Å². The van der Waals surface area contributed by atoms with Gasteiger partial charge in [-0.3, -0.25) is 9.59 Å². The molecule has 1 aliphatic rings. The predicted molar refractivity (Wildman–Crippen MR) is 89.9 cm³/mol. The zero-order valence-electron chi connectivity index (χ0n) is 14.2. The number of esters is 1. The van der Waals surface area contributed by atoms with E-state index in [9.17, 15) is 14.4 Å². The van der Waals surface area contributed by atoms with Crippen molar-refractivity contribution in [3.8, 4) is 0 Å². The van der Waals surface area contributed by atoms with Gasteiger partial charge >= 0.3 is 5.97 Å². The number of anilines is 1. The minimum atomic E-state index is -0.567. The molecular formula is C17H23N3O4. The van der Waals surface area contributed by atoms with Crippen LogP contribution in [0.5, 0.6) is 0 Å². The second-order valence-corrected chi connectivity index (χ2v) is 6.11. The lowest BCUT2D eigenvalue weighted by Gasteiger charge is -2.17. The van der Waals surface area contributed by atoms with E-state index in [-0.39, 0.29) is 18.5 Å². The van der Waals surface area contributed by atoms with Crippen LogP contribution in [-0.2, 0) is 14.3 Å². The first-order valence-corrected chi connectivity index (χ1v) is 7.84. The highest BCUT2D eigenvalue weighted by Crippen LogP contribution is 2.18. The Balaban J connectivity index is 1.80. The quantitative estimate of drug-likeness (QED) is 0.741. The van der Waals surface area contributed by atoms with Gasteiger partial charge < -0.3 is 19.9 Å². The number of carbonyl (C=O) groups is 3. The molecule has 1 aromatic rings. The standard InChI is InChI=1S/C17H23N3O4/c1-19(2)14-6-4-5-12(9-14)17(23)24-11-16(22)20(3)10-15(21)18-13-7-8-13/h4-6,9,13H,7-8,10-11H2,1-3H3,(H,18,21). The summed E-state index contributed by atoms with van der Waals surface area (Å²) in [5, 5.41) is 2.80. The third-order valence-corrected chi connectivity index (χ3v) is 3.67. The highest BCUT2D eigenvalue weighted by molar-refractivity contribution is 5.92. The molecule has 0 atom stereocenters. The van der Waals surface area contributed by atoms with Gasteiger partial charge in [-0.1, -0.05) is 6.07 Å². The molecule has 2 amide bonds. The first-order chi connectivity index (χ1) is 11.4. The summed E-state index contributed by atoms with van der Waals surface area (Å²) in [4.78, 5) is 38.8. The molecular weight excluding hydrogens is 310 g/mol. The van der Waals surface area contributed by atoms with E-state index in [4.69, 9.17) is 4.74 Å². The molecule has 0 aliphatic heterocycles. The van der Waals surface area contributed by atoms with E-state index < -0.39 is 18.5 Å². The maximum Gasteiger partial charge on any atom is 0.338 e. The van der Waals surface area contributed by atoms with Crippen LogP contribution in [0.25, 0.3) is 0 Å². The Morgan fingerprint density at radius 1 is 1.21 bits per heavy atom. The fourth-order valence-corrected chi connectivity index (χ4v) is 2.04. The van der Waals surface area contributed by atoms with Crippen molar-refractivity contribution in [3.63, 3.8) is 0 Å². The van der Waals surface area contributed by atoms with E-state index in [0.717, 1.165) is 18.5 Å². The summed E-state index contributed by atoms with van der Waals surface area (Å²) in [7, 11) is 5.25. The molecule has 1 aliphatic carbocycles. The number of nitrogens with zero attached hydrogens (tertiary/aromatic N) is 2. The van der Waals surface area contributed by atoms with Gasteiger partial charge in [0.25, 0.3) is 5.91 Å². The highest BCUT2D eigenvalue weighted by atomic mass is 16.5. The molecule has 0 radical (unpaired) electrons. The summed E-state index contributed by atoms with van der Waals surface area (Å²) < 4.78 is 5.04. The molecule has 2 rings (SSSR count). The number of ether oxygens (including phenoxy) is 1. The number of carbonyl (C=O) groups excluding carboxylic acids is 3. The number of nitrogens with one attached hydrogen (secondary N) is 1. The third-order valence-electron chi connectivity index (χ3n) is 3.67. The monoisotopic (exact) mass is 333 g/mol. The van der Waals surface area contributed by atoms with Gasteiger partial charge in [0.1, 0.15) is 0 Å². The van der Waals surface area contributed by atoms with Gasteiger partial charge in [-0.15, -0.1) is 0 Å². The zero-order valence-corrected chi connectivity index (χ0v) is 14.2. The van der Waals surface area contributed by atoms with Crippen LogP contribution in [0, 0.1) is 0 Å². The molecule has 7 heteroatoms. The number of amides is 2. The van der Waals surface area contributed by atoms with Gasteiger partial charge in [0, 0.05) is 32.9 Å². The molecule has 130 valence electrons. The van der Waals surface area contributed by atoms with Crippen LogP contribution in [0.15, 0.2) is 24.3 Å². The average molecular weight is 333 g/mol. The fraction of sp³-hybridized carbons (Fsp3) is 0.471. The smallest absolute Gasteiger partial charge is 0.338 e. The molecule has 0 saturated heterocycles. The minimum Gasteiger partial charge on any atom is -0.452 e. The Morgan fingerprint density at radius 3 is 2.54 bits per heavy atom. The van der Waals surface area contributed by atoms with E-state index in [0.29, 0.717) is 5.56 Å². The largest absolute Gasteiger partial charge is 0.452 e. The summed E-state index contributed by atoms with van der Waals surface area (Å²) in [6.07, 6.45) is 1.99. The Morgan fingerprint density at radius 2 is 1.92 bits per heavy atom. The van der Waals surface area contributed by atoms with Gasteiger partial charge in [-0.05, 0) is 31.0 Å². The number of likely N-dealkylation sites (N-methyl/N-ethyl adjacent to an activating group) is 1.